The van der Waals surface area contributed by atoms with Gasteiger partial charge in [-0.3, -0.25) is 0 Å². The summed E-state index contributed by atoms with van der Waals surface area (Å²) in [7, 11) is 0. The summed E-state index contributed by atoms with van der Waals surface area (Å²) in [5.74, 6) is 1.93. The zero-order chi connectivity index (χ0) is 8.39. The molecule has 1 fully saturated rings. The number of nitrogens with one attached hydrogen (secondary N) is 1. The second-order valence-electron chi connectivity index (χ2n) is 3.74. The fraction of sp³-hybridized carbons (Fsp3) is 0.600. The van der Waals surface area contributed by atoms with E-state index in [1.54, 1.807) is 11.3 Å². The second-order valence-corrected chi connectivity index (χ2v) is 4.52. The Hall–Kier alpha value is -0.340. The van der Waals surface area contributed by atoms with Crippen LogP contribution in [0, 0.1) is 11.8 Å². The summed E-state index contributed by atoms with van der Waals surface area (Å²) in [6, 6.07) is 2.19. The SMILES string of the molecule is CC1CC1CNCc1ccsc1. The van der Waals surface area contributed by atoms with E-state index in [4.69, 9.17) is 0 Å². The summed E-state index contributed by atoms with van der Waals surface area (Å²) >= 11 is 1.77. The van der Waals surface area contributed by atoms with Crippen LogP contribution in [0.15, 0.2) is 16.8 Å². The number of thiophene rings is 1. The molecule has 1 saturated carbocycles. The molecule has 0 bridgehead atoms. The summed E-state index contributed by atoms with van der Waals surface area (Å²) in [5, 5.41) is 7.83. The number of hydrogen-bond donors (Lipinski definition) is 1. The van der Waals surface area contributed by atoms with E-state index < -0.39 is 0 Å². The third kappa shape index (κ3) is 2.08. The largest absolute Gasteiger partial charge is 0.312 e. The minimum Gasteiger partial charge on any atom is -0.312 e. The molecule has 2 atom stereocenters. The van der Waals surface area contributed by atoms with E-state index in [1.807, 2.05) is 0 Å². The van der Waals surface area contributed by atoms with Gasteiger partial charge in [-0.15, -0.1) is 0 Å². The zero-order valence-electron chi connectivity index (χ0n) is 7.42. The Morgan fingerprint density at radius 1 is 1.67 bits per heavy atom. The minimum atomic E-state index is 0.962. The summed E-state index contributed by atoms with van der Waals surface area (Å²) < 4.78 is 0. The lowest BCUT2D eigenvalue weighted by molar-refractivity contribution is 0.613. The fourth-order valence-electron chi connectivity index (χ4n) is 1.48. The first-order valence-corrected chi connectivity index (χ1v) is 5.52. The highest BCUT2D eigenvalue weighted by Gasteiger charge is 2.31. The van der Waals surface area contributed by atoms with Gasteiger partial charge in [0.15, 0.2) is 0 Å². The van der Waals surface area contributed by atoms with Crippen molar-refractivity contribution >= 4 is 11.3 Å². The quantitative estimate of drug-likeness (QED) is 0.752. The molecular weight excluding hydrogens is 166 g/mol. The minimum absolute atomic E-state index is 0.962. The van der Waals surface area contributed by atoms with Crippen molar-refractivity contribution in [1.82, 2.24) is 5.32 Å². The lowest BCUT2D eigenvalue weighted by Crippen LogP contribution is -2.16. The molecule has 0 aliphatic heterocycles. The van der Waals surface area contributed by atoms with Gasteiger partial charge in [-0.25, -0.2) is 0 Å². The highest BCUT2D eigenvalue weighted by atomic mass is 32.1. The van der Waals surface area contributed by atoms with Crippen LogP contribution in [0.3, 0.4) is 0 Å². The fourth-order valence-corrected chi connectivity index (χ4v) is 2.15. The first kappa shape index (κ1) is 8.27. The normalized spacial score (nSPS) is 27.4. The monoisotopic (exact) mass is 181 g/mol. The Kier molecular flexibility index (Phi) is 2.47. The molecule has 1 aliphatic carbocycles. The van der Waals surface area contributed by atoms with Gasteiger partial charge in [0, 0.05) is 6.54 Å². The molecule has 1 heterocycles. The molecule has 0 radical (unpaired) electrons. The van der Waals surface area contributed by atoms with E-state index in [2.05, 4.69) is 29.1 Å². The van der Waals surface area contributed by atoms with Crippen molar-refractivity contribution in [2.45, 2.75) is 19.9 Å². The van der Waals surface area contributed by atoms with Crippen molar-refractivity contribution in [1.29, 1.82) is 0 Å². The Morgan fingerprint density at radius 3 is 3.08 bits per heavy atom. The zero-order valence-corrected chi connectivity index (χ0v) is 8.23. The molecular formula is C10H15NS. The van der Waals surface area contributed by atoms with Gasteiger partial charge >= 0.3 is 0 Å². The smallest absolute Gasteiger partial charge is 0.0213 e. The molecule has 0 spiro atoms. The summed E-state index contributed by atoms with van der Waals surface area (Å²) in [6.45, 7) is 4.58. The molecule has 1 aliphatic rings. The van der Waals surface area contributed by atoms with Crippen LogP contribution in [-0.2, 0) is 6.54 Å². The first-order chi connectivity index (χ1) is 5.86. The highest BCUT2D eigenvalue weighted by Crippen LogP contribution is 2.36. The third-order valence-corrected chi connectivity index (χ3v) is 3.32. The van der Waals surface area contributed by atoms with E-state index in [-0.39, 0.29) is 0 Å². The standard InChI is InChI=1S/C10H15NS/c1-8-4-10(8)6-11-5-9-2-3-12-7-9/h2-3,7-8,10-11H,4-6H2,1H3. The van der Waals surface area contributed by atoms with Crippen LogP contribution >= 0.6 is 11.3 Å². The van der Waals surface area contributed by atoms with Gasteiger partial charge in [0.05, 0.1) is 0 Å². The lowest BCUT2D eigenvalue weighted by atomic mass is 10.3. The molecule has 2 rings (SSSR count). The molecule has 66 valence electrons. The van der Waals surface area contributed by atoms with Crippen LogP contribution in [0.2, 0.25) is 0 Å². The van der Waals surface area contributed by atoms with E-state index in [1.165, 1.54) is 18.5 Å². The second kappa shape index (κ2) is 3.58. The van der Waals surface area contributed by atoms with E-state index in [0.717, 1.165) is 18.4 Å². The van der Waals surface area contributed by atoms with Crippen LogP contribution in [0.5, 0.6) is 0 Å². The van der Waals surface area contributed by atoms with Crippen molar-refractivity contribution in [2.75, 3.05) is 6.54 Å². The van der Waals surface area contributed by atoms with E-state index in [0.29, 0.717) is 0 Å². The van der Waals surface area contributed by atoms with Crippen molar-refractivity contribution in [3.8, 4) is 0 Å². The molecule has 12 heavy (non-hydrogen) atoms. The molecule has 2 unspecified atom stereocenters. The number of rotatable bonds is 4. The van der Waals surface area contributed by atoms with Gasteiger partial charge in [-0.05, 0) is 47.2 Å². The predicted molar refractivity (Wildman–Crippen MR) is 53.3 cm³/mol. The van der Waals surface area contributed by atoms with Crippen molar-refractivity contribution in [2.24, 2.45) is 11.8 Å². The van der Waals surface area contributed by atoms with E-state index >= 15 is 0 Å². The van der Waals surface area contributed by atoms with Crippen LogP contribution in [0.4, 0.5) is 0 Å². The highest BCUT2D eigenvalue weighted by molar-refractivity contribution is 7.07. The van der Waals surface area contributed by atoms with Crippen molar-refractivity contribution in [3.05, 3.63) is 22.4 Å². The molecule has 2 heteroatoms. The average molecular weight is 181 g/mol. The van der Waals surface area contributed by atoms with Crippen LogP contribution in [0.1, 0.15) is 18.9 Å². The van der Waals surface area contributed by atoms with Crippen molar-refractivity contribution in [3.63, 3.8) is 0 Å². The molecule has 1 aromatic rings. The van der Waals surface area contributed by atoms with Crippen LogP contribution < -0.4 is 5.32 Å². The van der Waals surface area contributed by atoms with Crippen molar-refractivity contribution < 1.29 is 0 Å². The van der Waals surface area contributed by atoms with Crippen LogP contribution in [-0.4, -0.2) is 6.54 Å². The molecule has 0 amide bonds. The molecule has 1 aromatic heterocycles. The topological polar surface area (TPSA) is 12.0 Å². The molecule has 0 saturated heterocycles. The summed E-state index contributed by atoms with van der Waals surface area (Å²) in [5.41, 5.74) is 1.42. The summed E-state index contributed by atoms with van der Waals surface area (Å²) in [4.78, 5) is 0. The Balaban J connectivity index is 1.63. The molecule has 1 N–H and O–H groups in total. The summed E-state index contributed by atoms with van der Waals surface area (Å²) in [6.07, 6.45) is 1.43. The predicted octanol–water partition coefficient (Wildman–Crippen LogP) is 2.49. The van der Waals surface area contributed by atoms with Gasteiger partial charge in [-0.2, -0.15) is 11.3 Å². The Labute approximate surface area is 77.8 Å². The number of hydrogen-bond acceptors (Lipinski definition) is 2. The maximum absolute atomic E-state index is 3.49. The third-order valence-electron chi connectivity index (χ3n) is 2.59. The van der Waals surface area contributed by atoms with Gasteiger partial charge in [0.25, 0.3) is 0 Å². The van der Waals surface area contributed by atoms with Gasteiger partial charge in [0.1, 0.15) is 0 Å². The maximum atomic E-state index is 3.49. The molecule has 1 nitrogen and oxygen atoms in total. The van der Waals surface area contributed by atoms with Gasteiger partial charge in [-0.1, -0.05) is 6.92 Å². The lowest BCUT2D eigenvalue weighted by Gasteiger charge is -2.00. The van der Waals surface area contributed by atoms with E-state index in [9.17, 15) is 0 Å². The average Bonchev–Trinajstić information content (AvgIpc) is 2.58. The van der Waals surface area contributed by atoms with Crippen LogP contribution in [0.25, 0.3) is 0 Å². The first-order valence-electron chi connectivity index (χ1n) is 4.58. The van der Waals surface area contributed by atoms with Gasteiger partial charge < -0.3 is 5.32 Å². The Morgan fingerprint density at radius 2 is 2.50 bits per heavy atom. The Bertz CT molecular complexity index is 230. The maximum Gasteiger partial charge on any atom is 0.0213 e. The van der Waals surface area contributed by atoms with Gasteiger partial charge in [0.2, 0.25) is 0 Å². The molecule has 0 aromatic carbocycles.